The van der Waals surface area contributed by atoms with Crippen molar-refractivity contribution in [2.45, 2.75) is 12.5 Å². The summed E-state index contributed by atoms with van der Waals surface area (Å²) in [5.41, 5.74) is 0.0548. The average Bonchev–Trinajstić information content (AvgIpc) is 2.37. The molecule has 1 fully saturated rings. The largest absolute Gasteiger partial charge is 0.396 e. The monoisotopic (exact) mass is 370 g/mol. The maximum absolute atomic E-state index is 14.0. The Morgan fingerprint density at radius 2 is 1.80 bits per heavy atom. The van der Waals surface area contributed by atoms with Crippen LogP contribution in [0.3, 0.4) is 0 Å². The van der Waals surface area contributed by atoms with E-state index in [-0.39, 0.29) is 24.6 Å². The van der Waals surface area contributed by atoms with Gasteiger partial charge < -0.3 is 10.4 Å². The van der Waals surface area contributed by atoms with Gasteiger partial charge in [0.25, 0.3) is 0 Å². The van der Waals surface area contributed by atoms with Gasteiger partial charge in [0, 0.05) is 48.9 Å². The fourth-order valence-electron chi connectivity index (χ4n) is 2.50. The molecular weight excluding hydrogens is 354 g/mol. The first kappa shape index (κ1) is 17.8. The molecule has 0 saturated carbocycles. The molecule has 0 bridgehead atoms. The molecule has 1 aromatic carbocycles. The first-order chi connectivity index (χ1) is 9.13. The Labute approximate surface area is 131 Å². The predicted molar refractivity (Wildman–Crippen MR) is 80.2 cm³/mol. The minimum atomic E-state index is -0.566. The summed E-state index contributed by atoms with van der Waals surface area (Å²) in [7, 11) is 0. The van der Waals surface area contributed by atoms with Crippen LogP contribution in [0, 0.1) is 11.6 Å². The van der Waals surface area contributed by atoms with Crippen molar-refractivity contribution in [3.05, 3.63) is 33.8 Å². The summed E-state index contributed by atoms with van der Waals surface area (Å²) in [6.45, 7) is 2.94. The smallest absolute Gasteiger partial charge is 0.132 e. The highest BCUT2D eigenvalue weighted by molar-refractivity contribution is 9.10. The maximum atomic E-state index is 14.0. The zero-order valence-corrected chi connectivity index (χ0v) is 13.3. The van der Waals surface area contributed by atoms with E-state index >= 15 is 0 Å². The third kappa shape index (κ3) is 4.11. The van der Waals surface area contributed by atoms with Crippen molar-refractivity contribution in [1.29, 1.82) is 0 Å². The van der Waals surface area contributed by atoms with Crippen LogP contribution < -0.4 is 5.32 Å². The number of benzene rings is 1. The highest BCUT2D eigenvalue weighted by Crippen LogP contribution is 2.31. The van der Waals surface area contributed by atoms with Gasteiger partial charge in [0.1, 0.15) is 11.6 Å². The second kappa shape index (κ2) is 8.24. The fraction of sp³-hybridized carbons (Fsp3) is 0.538. The normalized spacial score (nSPS) is 17.6. The molecule has 0 aromatic heterocycles. The van der Waals surface area contributed by atoms with E-state index in [1.54, 1.807) is 0 Å². The van der Waals surface area contributed by atoms with E-state index in [1.165, 1.54) is 12.1 Å². The molecular formula is C13H18BrClF2N2O. The van der Waals surface area contributed by atoms with Gasteiger partial charge in [-0.25, -0.2) is 8.78 Å². The lowest BCUT2D eigenvalue weighted by atomic mass is 10.00. The van der Waals surface area contributed by atoms with Crippen LogP contribution in [0.25, 0.3) is 0 Å². The summed E-state index contributed by atoms with van der Waals surface area (Å²) in [5.74, 6) is -1.13. The van der Waals surface area contributed by atoms with E-state index in [0.717, 1.165) is 26.2 Å². The van der Waals surface area contributed by atoms with Crippen molar-refractivity contribution in [2.24, 2.45) is 0 Å². The molecule has 1 aromatic rings. The molecule has 1 aliphatic rings. The van der Waals surface area contributed by atoms with Crippen LogP contribution in [-0.2, 0) is 0 Å². The van der Waals surface area contributed by atoms with Gasteiger partial charge in [0.05, 0.1) is 0 Å². The topological polar surface area (TPSA) is 35.5 Å². The molecule has 0 amide bonds. The van der Waals surface area contributed by atoms with Crippen LogP contribution in [-0.4, -0.2) is 42.8 Å². The molecule has 1 heterocycles. The van der Waals surface area contributed by atoms with Crippen molar-refractivity contribution in [2.75, 3.05) is 32.8 Å². The van der Waals surface area contributed by atoms with Gasteiger partial charge in [-0.3, -0.25) is 4.90 Å². The van der Waals surface area contributed by atoms with Gasteiger partial charge in [-0.05, 0) is 18.6 Å². The van der Waals surface area contributed by atoms with Crippen molar-refractivity contribution < 1.29 is 13.9 Å². The quantitative estimate of drug-likeness (QED) is 0.853. The zero-order valence-electron chi connectivity index (χ0n) is 10.9. The molecule has 1 aliphatic heterocycles. The lowest BCUT2D eigenvalue weighted by Crippen LogP contribution is -2.45. The Bertz CT molecular complexity index is 421. The van der Waals surface area contributed by atoms with E-state index in [0.29, 0.717) is 10.9 Å². The lowest BCUT2D eigenvalue weighted by molar-refractivity contribution is 0.135. The van der Waals surface area contributed by atoms with E-state index in [2.05, 4.69) is 21.2 Å². The first-order valence-corrected chi connectivity index (χ1v) is 7.13. The number of aliphatic hydroxyl groups is 1. The van der Waals surface area contributed by atoms with Crippen molar-refractivity contribution in [3.8, 4) is 0 Å². The van der Waals surface area contributed by atoms with E-state index in [9.17, 15) is 8.78 Å². The molecule has 2 rings (SSSR count). The number of rotatable bonds is 4. The zero-order chi connectivity index (χ0) is 13.8. The molecule has 114 valence electrons. The Morgan fingerprint density at radius 1 is 1.25 bits per heavy atom. The second-order valence-electron chi connectivity index (χ2n) is 4.60. The molecule has 0 radical (unpaired) electrons. The summed E-state index contributed by atoms with van der Waals surface area (Å²) in [5, 5.41) is 12.4. The Kier molecular flexibility index (Phi) is 7.33. The van der Waals surface area contributed by atoms with Gasteiger partial charge >= 0.3 is 0 Å². The van der Waals surface area contributed by atoms with Gasteiger partial charge in [0.2, 0.25) is 0 Å². The van der Waals surface area contributed by atoms with Gasteiger partial charge in [0.15, 0.2) is 0 Å². The Morgan fingerprint density at radius 3 is 2.30 bits per heavy atom. The molecule has 1 saturated heterocycles. The van der Waals surface area contributed by atoms with Gasteiger partial charge in [-0.2, -0.15) is 0 Å². The third-order valence-corrected chi connectivity index (χ3v) is 3.83. The van der Waals surface area contributed by atoms with E-state index in [4.69, 9.17) is 5.11 Å². The molecule has 0 aliphatic carbocycles. The minimum Gasteiger partial charge on any atom is -0.396 e. The van der Waals surface area contributed by atoms with E-state index in [1.807, 2.05) is 4.90 Å². The summed E-state index contributed by atoms with van der Waals surface area (Å²) in [4.78, 5) is 2.02. The van der Waals surface area contributed by atoms with Crippen LogP contribution in [0.4, 0.5) is 8.78 Å². The number of nitrogens with zero attached hydrogens (tertiary/aromatic N) is 1. The molecule has 0 spiro atoms. The predicted octanol–water partition coefficient (Wildman–Crippen LogP) is 2.48. The summed E-state index contributed by atoms with van der Waals surface area (Å²) in [6.07, 6.45) is 0.329. The van der Waals surface area contributed by atoms with Crippen molar-refractivity contribution in [1.82, 2.24) is 10.2 Å². The molecule has 20 heavy (non-hydrogen) atoms. The highest BCUT2D eigenvalue weighted by Gasteiger charge is 2.27. The van der Waals surface area contributed by atoms with Gasteiger partial charge in [-0.15, -0.1) is 12.4 Å². The molecule has 3 nitrogen and oxygen atoms in total. The number of hydrogen-bond donors (Lipinski definition) is 2. The van der Waals surface area contributed by atoms with Crippen molar-refractivity contribution in [3.63, 3.8) is 0 Å². The van der Waals surface area contributed by atoms with Crippen LogP contribution in [0.1, 0.15) is 18.0 Å². The fourth-order valence-corrected chi connectivity index (χ4v) is 2.90. The lowest BCUT2D eigenvalue weighted by Gasteiger charge is -2.35. The van der Waals surface area contributed by atoms with E-state index < -0.39 is 17.7 Å². The number of piperazine rings is 1. The highest BCUT2D eigenvalue weighted by atomic mass is 79.9. The SMILES string of the molecule is Cl.OCC[C@@H](c1c(F)cc(Br)cc1F)N1CCNCC1. The standard InChI is InChI=1S/C13H17BrF2N2O.ClH/c14-9-7-10(15)13(11(16)8-9)12(1-6-19)18-4-2-17-3-5-18;/h7-8,12,17,19H,1-6H2;1H/t12-;/m0./s1. The molecule has 7 heteroatoms. The van der Waals surface area contributed by atoms with Crippen LogP contribution in [0.15, 0.2) is 16.6 Å². The second-order valence-corrected chi connectivity index (χ2v) is 5.51. The third-order valence-electron chi connectivity index (χ3n) is 3.37. The number of nitrogens with one attached hydrogen (secondary N) is 1. The first-order valence-electron chi connectivity index (χ1n) is 6.33. The maximum Gasteiger partial charge on any atom is 0.132 e. The summed E-state index contributed by atoms with van der Waals surface area (Å²) >= 11 is 3.08. The Balaban J connectivity index is 0.00000200. The van der Waals surface area contributed by atoms with Crippen LogP contribution in [0.5, 0.6) is 0 Å². The van der Waals surface area contributed by atoms with Crippen molar-refractivity contribution >= 4 is 28.3 Å². The summed E-state index contributed by atoms with van der Waals surface area (Å²) in [6, 6.07) is 2.12. The van der Waals surface area contributed by atoms with Gasteiger partial charge in [-0.1, -0.05) is 15.9 Å². The molecule has 2 N–H and O–H groups in total. The summed E-state index contributed by atoms with van der Waals surface area (Å²) < 4.78 is 28.5. The molecule has 0 unspecified atom stereocenters. The van der Waals surface area contributed by atoms with Crippen LogP contribution in [0.2, 0.25) is 0 Å². The number of halogens is 4. The average molecular weight is 372 g/mol. The Hall–Kier alpha value is -0.270. The number of hydrogen-bond acceptors (Lipinski definition) is 3. The van der Waals surface area contributed by atoms with Crippen LogP contribution >= 0.6 is 28.3 Å². The minimum absolute atomic E-state index is 0. The molecule has 1 atom stereocenters. The number of aliphatic hydroxyl groups excluding tert-OH is 1.